The van der Waals surface area contributed by atoms with E-state index in [0.29, 0.717) is 17.6 Å². The zero-order chi connectivity index (χ0) is 13.6. The molecule has 0 unspecified atom stereocenters. The van der Waals surface area contributed by atoms with Crippen LogP contribution in [0.5, 0.6) is 0 Å². The van der Waals surface area contributed by atoms with Crippen LogP contribution in [0, 0.1) is 0 Å². The number of nitrogens with one attached hydrogen (secondary N) is 1. The molecule has 0 spiro atoms. The third-order valence-corrected chi connectivity index (χ3v) is 3.77. The summed E-state index contributed by atoms with van der Waals surface area (Å²) in [5.74, 6) is -0.459. The second-order valence-electron chi connectivity index (χ2n) is 4.16. The summed E-state index contributed by atoms with van der Waals surface area (Å²) in [5, 5.41) is 4.34. The van der Waals surface area contributed by atoms with Crippen molar-refractivity contribution < 1.29 is 4.42 Å². The fourth-order valence-electron chi connectivity index (χ4n) is 2.10. The van der Waals surface area contributed by atoms with E-state index in [4.69, 9.17) is 10.2 Å². The minimum absolute atomic E-state index is 0.360. The maximum atomic E-state index is 11.2. The van der Waals surface area contributed by atoms with E-state index in [0.717, 1.165) is 21.4 Å². The van der Waals surface area contributed by atoms with E-state index in [9.17, 15) is 4.79 Å². The molecular formula is C12H11BrN4O2. The molecule has 6 nitrogen and oxygen atoms in total. The summed E-state index contributed by atoms with van der Waals surface area (Å²) in [6.07, 6.45) is 0. The first-order chi connectivity index (χ1) is 9.10. The van der Waals surface area contributed by atoms with Crippen LogP contribution in [0.3, 0.4) is 0 Å². The Bertz CT molecular complexity index is 815. The van der Waals surface area contributed by atoms with E-state index in [1.165, 1.54) is 0 Å². The van der Waals surface area contributed by atoms with Crippen molar-refractivity contribution in [2.75, 3.05) is 0 Å². The number of fused-ring (bicyclic) bond motifs is 1. The number of rotatable bonds is 2. The van der Waals surface area contributed by atoms with Crippen molar-refractivity contribution in [3.05, 3.63) is 38.9 Å². The molecular weight excluding hydrogens is 312 g/mol. The number of nitrogens with two attached hydrogens (primary N) is 1. The second kappa shape index (κ2) is 4.36. The molecule has 0 aliphatic rings. The standard InChI is InChI=1S/C12H11BrN4O2/c1-17-11(10(13)8(5-14)16-17)6-2-3-9-7(4-6)15-12(18)19-9/h2-4H,5,14H2,1H3,(H,15,18). The molecule has 0 saturated heterocycles. The van der Waals surface area contributed by atoms with Gasteiger partial charge in [-0.3, -0.25) is 9.67 Å². The highest BCUT2D eigenvalue weighted by atomic mass is 79.9. The molecule has 2 aromatic heterocycles. The molecule has 0 radical (unpaired) electrons. The van der Waals surface area contributed by atoms with Crippen LogP contribution in [-0.2, 0) is 13.6 Å². The van der Waals surface area contributed by atoms with E-state index in [1.54, 1.807) is 10.7 Å². The third kappa shape index (κ3) is 1.91. The predicted molar refractivity (Wildman–Crippen MR) is 74.6 cm³/mol. The number of benzene rings is 1. The van der Waals surface area contributed by atoms with Crippen LogP contribution in [0.1, 0.15) is 5.69 Å². The zero-order valence-electron chi connectivity index (χ0n) is 10.1. The lowest BCUT2D eigenvalue weighted by Gasteiger charge is -2.02. The van der Waals surface area contributed by atoms with Crippen molar-refractivity contribution in [3.8, 4) is 11.3 Å². The van der Waals surface area contributed by atoms with Crippen molar-refractivity contribution in [1.82, 2.24) is 14.8 Å². The SMILES string of the molecule is Cn1nc(CN)c(Br)c1-c1ccc2oc(=O)[nH]c2c1. The topological polar surface area (TPSA) is 89.8 Å². The molecule has 19 heavy (non-hydrogen) atoms. The Morgan fingerprint density at radius 2 is 2.32 bits per heavy atom. The van der Waals surface area contributed by atoms with Crippen LogP contribution < -0.4 is 11.5 Å². The average Bonchev–Trinajstić information content (AvgIpc) is 2.87. The number of aromatic amines is 1. The van der Waals surface area contributed by atoms with Gasteiger partial charge in [-0.25, -0.2) is 4.79 Å². The summed E-state index contributed by atoms with van der Waals surface area (Å²) < 4.78 is 7.60. The molecule has 0 aliphatic heterocycles. The summed E-state index contributed by atoms with van der Waals surface area (Å²) in [5.41, 5.74) is 9.45. The fourth-order valence-corrected chi connectivity index (χ4v) is 2.82. The number of aryl methyl sites for hydroxylation is 1. The molecule has 7 heteroatoms. The van der Waals surface area contributed by atoms with Crippen molar-refractivity contribution in [2.24, 2.45) is 12.8 Å². The van der Waals surface area contributed by atoms with E-state index in [1.807, 2.05) is 19.2 Å². The summed E-state index contributed by atoms with van der Waals surface area (Å²) >= 11 is 3.51. The first kappa shape index (κ1) is 12.2. The van der Waals surface area contributed by atoms with Gasteiger partial charge in [0.2, 0.25) is 0 Å². The smallest absolute Gasteiger partial charge is 0.408 e. The van der Waals surface area contributed by atoms with Crippen LogP contribution in [0.15, 0.2) is 31.9 Å². The molecule has 3 rings (SSSR count). The molecule has 2 heterocycles. The van der Waals surface area contributed by atoms with Crippen molar-refractivity contribution >= 4 is 27.0 Å². The van der Waals surface area contributed by atoms with Gasteiger partial charge in [0, 0.05) is 19.2 Å². The third-order valence-electron chi connectivity index (χ3n) is 2.94. The second-order valence-corrected chi connectivity index (χ2v) is 4.96. The number of hydrogen-bond donors (Lipinski definition) is 2. The van der Waals surface area contributed by atoms with E-state index in [-0.39, 0.29) is 0 Å². The number of hydrogen-bond acceptors (Lipinski definition) is 4. The van der Waals surface area contributed by atoms with Crippen LogP contribution in [0.2, 0.25) is 0 Å². The zero-order valence-corrected chi connectivity index (χ0v) is 11.7. The number of nitrogens with zero attached hydrogens (tertiary/aromatic N) is 2. The molecule has 98 valence electrons. The van der Waals surface area contributed by atoms with Gasteiger partial charge in [0.1, 0.15) is 0 Å². The molecule has 3 N–H and O–H groups in total. The number of oxazole rings is 1. The van der Waals surface area contributed by atoms with Gasteiger partial charge in [0.25, 0.3) is 0 Å². The summed E-state index contributed by atoms with van der Waals surface area (Å²) in [6.45, 7) is 0.360. The minimum Gasteiger partial charge on any atom is -0.408 e. The Kier molecular flexibility index (Phi) is 2.79. The Hall–Kier alpha value is -1.86. The molecule has 0 amide bonds. The lowest BCUT2D eigenvalue weighted by Crippen LogP contribution is -1.99. The van der Waals surface area contributed by atoms with Crippen molar-refractivity contribution in [3.63, 3.8) is 0 Å². The summed E-state index contributed by atoms with van der Waals surface area (Å²) in [6, 6.07) is 5.48. The summed E-state index contributed by atoms with van der Waals surface area (Å²) in [7, 11) is 1.85. The molecule has 1 aromatic carbocycles. The lowest BCUT2D eigenvalue weighted by molar-refractivity contribution is 0.555. The molecule has 0 bridgehead atoms. The van der Waals surface area contributed by atoms with Crippen molar-refractivity contribution in [2.45, 2.75) is 6.54 Å². The lowest BCUT2D eigenvalue weighted by atomic mass is 10.1. The van der Waals surface area contributed by atoms with Gasteiger partial charge in [-0.05, 0) is 34.1 Å². The Morgan fingerprint density at radius 1 is 1.53 bits per heavy atom. The fraction of sp³-hybridized carbons (Fsp3) is 0.167. The predicted octanol–water partition coefficient (Wildman–Crippen LogP) is 1.74. The first-order valence-electron chi connectivity index (χ1n) is 5.65. The molecule has 0 aliphatic carbocycles. The molecule has 0 atom stereocenters. The van der Waals surface area contributed by atoms with Crippen LogP contribution in [0.25, 0.3) is 22.4 Å². The number of aromatic nitrogens is 3. The van der Waals surface area contributed by atoms with Gasteiger partial charge in [0.05, 0.1) is 21.4 Å². The van der Waals surface area contributed by atoms with Gasteiger partial charge in [-0.15, -0.1) is 0 Å². The highest BCUT2D eigenvalue weighted by Crippen LogP contribution is 2.31. The summed E-state index contributed by atoms with van der Waals surface area (Å²) in [4.78, 5) is 13.8. The van der Waals surface area contributed by atoms with Gasteiger partial charge in [-0.1, -0.05) is 0 Å². The molecule has 0 fully saturated rings. The van der Waals surface area contributed by atoms with Crippen LogP contribution >= 0.6 is 15.9 Å². The van der Waals surface area contributed by atoms with Gasteiger partial charge in [0.15, 0.2) is 5.58 Å². The van der Waals surface area contributed by atoms with Crippen molar-refractivity contribution in [1.29, 1.82) is 0 Å². The Balaban J connectivity index is 2.23. The van der Waals surface area contributed by atoms with Crippen LogP contribution in [0.4, 0.5) is 0 Å². The van der Waals surface area contributed by atoms with Gasteiger partial charge >= 0.3 is 5.76 Å². The highest BCUT2D eigenvalue weighted by Gasteiger charge is 2.15. The van der Waals surface area contributed by atoms with Crippen LogP contribution in [-0.4, -0.2) is 14.8 Å². The first-order valence-corrected chi connectivity index (χ1v) is 6.44. The Morgan fingerprint density at radius 3 is 3.00 bits per heavy atom. The number of H-pyrrole nitrogens is 1. The molecule has 3 aromatic rings. The normalized spacial score (nSPS) is 11.3. The van der Waals surface area contributed by atoms with E-state index in [2.05, 4.69) is 26.0 Å². The largest absolute Gasteiger partial charge is 0.417 e. The molecule has 0 saturated carbocycles. The maximum Gasteiger partial charge on any atom is 0.417 e. The monoisotopic (exact) mass is 322 g/mol. The van der Waals surface area contributed by atoms with E-state index >= 15 is 0 Å². The maximum absolute atomic E-state index is 11.2. The Labute approximate surface area is 116 Å². The van der Waals surface area contributed by atoms with Gasteiger partial charge in [-0.2, -0.15) is 5.10 Å². The average molecular weight is 323 g/mol. The van der Waals surface area contributed by atoms with Gasteiger partial charge < -0.3 is 10.2 Å². The quantitative estimate of drug-likeness (QED) is 0.752. The minimum atomic E-state index is -0.459. The highest BCUT2D eigenvalue weighted by molar-refractivity contribution is 9.10. The van der Waals surface area contributed by atoms with E-state index < -0.39 is 5.76 Å². The number of halogens is 1.